The van der Waals surface area contributed by atoms with Crippen molar-refractivity contribution in [2.24, 2.45) is 35.1 Å². The molecule has 28 heteroatoms. The first-order valence-electron chi connectivity index (χ1n) is 25.5. The number of rotatable bonds is 34. The molecule has 0 saturated carbocycles. The second kappa shape index (κ2) is 32.5. The predicted molar refractivity (Wildman–Crippen MR) is 269 cm³/mol. The lowest BCUT2D eigenvalue weighted by atomic mass is 9.94. The molecule has 0 radical (unpaired) electrons. The third-order valence-electron chi connectivity index (χ3n) is 13.1. The SMILES string of the molecule is CC[C@H](C)[C@H](N)C(=O)N[C@@H](CC(N)=O)C(=O)N1CCC[C@H]1C(=O)N[C@@H](CCC(=O)O)C(=O)N[C@H](C(=O)N[C@H](C(=O)N[C@H](C(=O)N[C@@H](CC(C)C)C(=O)N[C@@H](CC(=O)O)C(=O)NCC(=O)O)[C@@H](C)O)[C@@H](C)CC)[C@@H](C)CC. The van der Waals surface area contributed by atoms with Crippen LogP contribution in [0, 0.1) is 23.7 Å². The van der Waals surface area contributed by atoms with Crippen LogP contribution in [0.4, 0.5) is 0 Å². The Morgan fingerprint density at radius 1 is 0.553 bits per heavy atom. The van der Waals surface area contributed by atoms with Gasteiger partial charge in [-0.05, 0) is 56.3 Å². The Morgan fingerprint density at radius 3 is 1.51 bits per heavy atom. The summed E-state index contributed by atoms with van der Waals surface area (Å²) in [6, 6.07) is -13.3. The Bertz CT molecular complexity index is 2090. The number of carboxylic acids is 3. The predicted octanol–water partition coefficient (Wildman–Crippen LogP) is -3.32. The van der Waals surface area contributed by atoms with Crippen molar-refractivity contribution >= 4 is 77.0 Å². The Labute approximate surface area is 441 Å². The van der Waals surface area contributed by atoms with E-state index in [1.165, 1.54) is 0 Å². The molecule has 28 nitrogen and oxygen atoms in total. The number of aliphatic hydroxyl groups is 1. The molecule has 1 aliphatic heterocycles. The molecule has 0 aliphatic carbocycles. The van der Waals surface area contributed by atoms with Crippen molar-refractivity contribution in [3.63, 3.8) is 0 Å². The molecule has 0 aromatic carbocycles. The first-order valence-corrected chi connectivity index (χ1v) is 25.5. The number of carbonyl (C=O) groups excluding carboxylic acids is 10. The molecule has 1 fully saturated rings. The quantitative estimate of drug-likeness (QED) is 0.0300. The number of carboxylic acid groups (broad SMARTS) is 3. The van der Waals surface area contributed by atoms with Crippen molar-refractivity contribution in [1.82, 2.24) is 47.4 Å². The number of nitrogens with one attached hydrogen (secondary N) is 8. The van der Waals surface area contributed by atoms with E-state index in [0.29, 0.717) is 6.42 Å². The number of aliphatic hydroxyl groups excluding tert-OH is 1. The number of carbonyl (C=O) groups is 13. The number of amides is 10. The fraction of sp³-hybridized carbons (Fsp3) is 0.729. The lowest BCUT2D eigenvalue weighted by Crippen LogP contribution is -2.63. The van der Waals surface area contributed by atoms with Gasteiger partial charge in [0.1, 0.15) is 54.9 Å². The van der Waals surface area contributed by atoms with Gasteiger partial charge in [-0.3, -0.25) is 62.3 Å². The first-order chi connectivity index (χ1) is 35.4. The van der Waals surface area contributed by atoms with Gasteiger partial charge in [0.25, 0.3) is 0 Å². The van der Waals surface area contributed by atoms with Crippen LogP contribution in [0.15, 0.2) is 0 Å². The highest BCUT2D eigenvalue weighted by Crippen LogP contribution is 2.21. The van der Waals surface area contributed by atoms with Crippen LogP contribution in [-0.2, 0) is 62.3 Å². The standard InChI is InChI=1S/C48H81N11O17/c1-10-23(6)36(50)44(72)55-30(19-32(49)61)48(76)59-17-13-14-31(59)43(71)52-27(15-16-33(62)63)41(69)56-37(24(7)11-2)45(73)57-38(25(8)12-3)46(74)58-39(26(9)60)47(75)54-28(18-22(4)5)42(70)53-29(20-34(64)65)40(68)51-21-35(66)67/h22-31,36-39,60H,10-21,50H2,1-9H3,(H2,49,61)(H,51,68)(H,52,71)(H,53,70)(H,54,75)(H,55,72)(H,56,69)(H,57,73)(H,58,74)(H,62,63)(H,64,65)(H,66,67)/t23-,24-,25-,26+,27-,28-,29-,30-,31-,36-,37-,38-,39-/m0/s1. The Hall–Kier alpha value is -6.97. The topological polar surface area (TPSA) is 454 Å². The van der Waals surface area contributed by atoms with E-state index in [1.807, 2.05) is 5.32 Å². The molecule has 1 heterocycles. The van der Waals surface area contributed by atoms with Gasteiger partial charge in [0, 0.05) is 13.0 Å². The van der Waals surface area contributed by atoms with E-state index in [4.69, 9.17) is 16.6 Å². The summed E-state index contributed by atoms with van der Waals surface area (Å²) in [5.41, 5.74) is 11.5. The third kappa shape index (κ3) is 22.1. The highest BCUT2D eigenvalue weighted by atomic mass is 16.4. The van der Waals surface area contributed by atoms with Crippen molar-refractivity contribution in [3.05, 3.63) is 0 Å². The molecule has 1 rings (SSSR count). The third-order valence-corrected chi connectivity index (χ3v) is 13.1. The minimum absolute atomic E-state index is 0.00172. The molecule has 16 N–H and O–H groups in total. The van der Waals surface area contributed by atoms with Crippen LogP contribution in [0.25, 0.3) is 0 Å². The Morgan fingerprint density at radius 2 is 1.04 bits per heavy atom. The molecule has 1 aliphatic rings. The molecular formula is C48H81N11O17. The number of hydrogen-bond acceptors (Lipinski definition) is 15. The molecule has 0 bridgehead atoms. The molecule has 76 heavy (non-hydrogen) atoms. The van der Waals surface area contributed by atoms with Crippen LogP contribution >= 0.6 is 0 Å². The zero-order valence-electron chi connectivity index (χ0n) is 44.8. The molecule has 13 atom stereocenters. The summed E-state index contributed by atoms with van der Waals surface area (Å²) in [4.78, 5) is 171. The van der Waals surface area contributed by atoms with Crippen molar-refractivity contribution in [2.75, 3.05) is 13.1 Å². The summed E-state index contributed by atoms with van der Waals surface area (Å²) in [5.74, 6) is -15.8. The maximum Gasteiger partial charge on any atom is 0.322 e. The van der Waals surface area contributed by atoms with Crippen LogP contribution in [0.3, 0.4) is 0 Å². The van der Waals surface area contributed by atoms with E-state index in [9.17, 15) is 77.6 Å². The summed E-state index contributed by atoms with van der Waals surface area (Å²) >= 11 is 0. The van der Waals surface area contributed by atoms with Crippen LogP contribution in [-0.4, -0.2) is 176 Å². The summed E-state index contributed by atoms with van der Waals surface area (Å²) < 4.78 is 0. The molecule has 1 saturated heterocycles. The zero-order chi connectivity index (χ0) is 58.3. The van der Waals surface area contributed by atoms with Crippen LogP contribution in [0.2, 0.25) is 0 Å². The summed E-state index contributed by atoms with van der Waals surface area (Å²) in [6.07, 6.45) is -3.04. The monoisotopic (exact) mass is 1080 g/mol. The number of nitrogens with zero attached hydrogens (tertiary/aromatic N) is 1. The van der Waals surface area contributed by atoms with Gasteiger partial charge in [-0.2, -0.15) is 0 Å². The van der Waals surface area contributed by atoms with E-state index in [0.717, 1.165) is 11.8 Å². The highest BCUT2D eigenvalue weighted by Gasteiger charge is 2.42. The molecule has 0 aromatic rings. The number of likely N-dealkylation sites (tertiary alicyclic amines) is 1. The Balaban J connectivity index is 3.46. The average molecular weight is 1080 g/mol. The first kappa shape index (κ1) is 67.0. The Kier molecular flexibility index (Phi) is 28.6. The van der Waals surface area contributed by atoms with Crippen LogP contribution in [0.5, 0.6) is 0 Å². The van der Waals surface area contributed by atoms with E-state index in [1.54, 1.807) is 55.4 Å². The van der Waals surface area contributed by atoms with Crippen molar-refractivity contribution in [1.29, 1.82) is 0 Å². The van der Waals surface area contributed by atoms with Crippen LogP contribution in [0.1, 0.15) is 127 Å². The van der Waals surface area contributed by atoms with Gasteiger partial charge in [-0.1, -0.05) is 74.7 Å². The highest BCUT2D eigenvalue weighted by molar-refractivity contribution is 6.00. The second-order valence-electron chi connectivity index (χ2n) is 19.8. The van der Waals surface area contributed by atoms with Gasteiger partial charge in [0.15, 0.2) is 0 Å². The van der Waals surface area contributed by atoms with Gasteiger partial charge < -0.3 is 79.3 Å². The fourth-order valence-electron chi connectivity index (χ4n) is 7.94. The smallest absolute Gasteiger partial charge is 0.322 e. The lowest BCUT2D eigenvalue weighted by molar-refractivity contribution is -0.143. The fourth-order valence-corrected chi connectivity index (χ4v) is 7.94. The summed E-state index contributed by atoms with van der Waals surface area (Å²) in [7, 11) is 0. The number of hydrogen-bond donors (Lipinski definition) is 14. The largest absolute Gasteiger partial charge is 0.481 e. The van der Waals surface area contributed by atoms with Crippen molar-refractivity contribution < 1.29 is 82.8 Å². The number of aliphatic carboxylic acids is 3. The molecule has 0 aromatic heterocycles. The van der Waals surface area contributed by atoms with E-state index >= 15 is 0 Å². The number of nitrogens with two attached hydrogens (primary N) is 2. The maximum absolute atomic E-state index is 14.2. The molecular weight excluding hydrogens is 1000 g/mol. The van der Waals surface area contributed by atoms with Gasteiger partial charge in [-0.25, -0.2) is 0 Å². The van der Waals surface area contributed by atoms with E-state index in [-0.39, 0.29) is 50.5 Å². The van der Waals surface area contributed by atoms with Crippen molar-refractivity contribution in [3.8, 4) is 0 Å². The van der Waals surface area contributed by atoms with Crippen molar-refractivity contribution in [2.45, 2.75) is 187 Å². The van der Waals surface area contributed by atoms with Gasteiger partial charge in [0.05, 0.1) is 25.0 Å². The van der Waals surface area contributed by atoms with Gasteiger partial charge in [0.2, 0.25) is 59.1 Å². The number of primary amides is 1. The van der Waals surface area contributed by atoms with E-state index < -0.39 is 182 Å². The van der Waals surface area contributed by atoms with Gasteiger partial charge >= 0.3 is 17.9 Å². The molecule has 430 valence electrons. The molecule has 10 amide bonds. The normalized spacial score (nSPS) is 17.9. The van der Waals surface area contributed by atoms with Gasteiger partial charge in [-0.15, -0.1) is 0 Å². The lowest BCUT2D eigenvalue weighted by Gasteiger charge is -2.32. The average Bonchev–Trinajstić information content (AvgIpc) is 3.84. The second-order valence-corrected chi connectivity index (χ2v) is 19.8. The molecule has 0 spiro atoms. The molecule has 0 unspecified atom stereocenters. The minimum atomic E-state index is -1.79. The summed E-state index contributed by atoms with van der Waals surface area (Å²) in [6.45, 7) is 13.7. The van der Waals surface area contributed by atoms with Crippen LogP contribution < -0.4 is 54.0 Å². The maximum atomic E-state index is 14.2. The zero-order valence-corrected chi connectivity index (χ0v) is 44.8. The minimum Gasteiger partial charge on any atom is -0.481 e. The summed E-state index contributed by atoms with van der Waals surface area (Å²) in [5, 5.41) is 57.8. The van der Waals surface area contributed by atoms with E-state index in [2.05, 4.69) is 37.2 Å².